The highest BCUT2D eigenvalue weighted by molar-refractivity contribution is 7.11. The van der Waals surface area contributed by atoms with Gasteiger partial charge in [0.2, 0.25) is 0 Å². The van der Waals surface area contributed by atoms with Crippen molar-refractivity contribution in [2.24, 2.45) is 7.05 Å². The van der Waals surface area contributed by atoms with Crippen LogP contribution in [0.3, 0.4) is 0 Å². The first-order valence-corrected chi connectivity index (χ1v) is 7.26. The zero-order valence-corrected chi connectivity index (χ0v) is 12.2. The molecule has 0 unspecified atom stereocenters. The van der Waals surface area contributed by atoms with Crippen molar-refractivity contribution < 1.29 is 0 Å². The van der Waals surface area contributed by atoms with E-state index < -0.39 is 0 Å². The van der Waals surface area contributed by atoms with E-state index in [9.17, 15) is 5.26 Å². The number of nitrogens with zero attached hydrogens (tertiary/aromatic N) is 4. The van der Waals surface area contributed by atoms with E-state index in [1.165, 1.54) is 11.3 Å². The van der Waals surface area contributed by atoms with Crippen LogP contribution in [0.4, 0.5) is 0 Å². The van der Waals surface area contributed by atoms with E-state index >= 15 is 0 Å². The fourth-order valence-corrected chi connectivity index (χ4v) is 2.76. The molecule has 0 radical (unpaired) electrons. The normalized spacial score (nSPS) is 11.3. The van der Waals surface area contributed by atoms with Crippen LogP contribution in [-0.2, 0) is 7.05 Å². The van der Waals surface area contributed by atoms with Gasteiger partial charge in [0.05, 0.1) is 17.5 Å². The molecule has 0 bridgehead atoms. The lowest BCUT2D eigenvalue weighted by molar-refractivity contribution is 0.767. The molecule has 5 heteroatoms. The molecule has 21 heavy (non-hydrogen) atoms. The van der Waals surface area contributed by atoms with Crippen LogP contribution in [-0.4, -0.2) is 14.8 Å². The van der Waals surface area contributed by atoms with Crippen LogP contribution >= 0.6 is 11.3 Å². The Labute approximate surface area is 126 Å². The number of aryl methyl sites for hydroxylation is 1. The van der Waals surface area contributed by atoms with Gasteiger partial charge in [0.25, 0.3) is 0 Å². The third-order valence-electron chi connectivity index (χ3n) is 2.96. The Morgan fingerprint density at radius 3 is 2.81 bits per heavy atom. The monoisotopic (exact) mass is 292 g/mol. The summed E-state index contributed by atoms with van der Waals surface area (Å²) in [6, 6.07) is 12.2. The van der Waals surface area contributed by atoms with Gasteiger partial charge in [-0.25, -0.2) is 4.98 Å². The van der Waals surface area contributed by atoms with Gasteiger partial charge in [-0.2, -0.15) is 10.4 Å². The van der Waals surface area contributed by atoms with E-state index in [1.807, 2.05) is 49.0 Å². The SMILES string of the molecule is Cn1cc(/C=C(\C#N)c2nc(-c3ccccc3)cs2)cn1. The van der Waals surface area contributed by atoms with Gasteiger partial charge in [-0.3, -0.25) is 4.68 Å². The van der Waals surface area contributed by atoms with Gasteiger partial charge in [-0.05, 0) is 6.08 Å². The number of nitriles is 1. The molecular formula is C16H12N4S. The van der Waals surface area contributed by atoms with Gasteiger partial charge in [0, 0.05) is 29.8 Å². The third kappa shape index (κ3) is 2.91. The first-order chi connectivity index (χ1) is 10.3. The number of thiazole rings is 1. The number of hydrogen-bond donors (Lipinski definition) is 0. The molecule has 0 spiro atoms. The summed E-state index contributed by atoms with van der Waals surface area (Å²) in [5, 5.41) is 16.1. The molecule has 0 atom stereocenters. The molecule has 0 saturated carbocycles. The first-order valence-electron chi connectivity index (χ1n) is 6.38. The van der Waals surface area contributed by atoms with Crippen molar-refractivity contribution in [3.63, 3.8) is 0 Å². The van der Waals surface area contributed by atoms with Gasteiger partial charge >= 0.3 is 0 Å². The molecule has 0 amide bonds. The van der Waals surface area contributed by atoms with Crippen molar-refractivity contribution in [1.29, 1.82) is 5.26 Å². The summed E-state index contributed by atoms with van der Waals surface area (Å²) in [5.41, 5.74) is 3.39. The van der Waals surface area contributed by atoms with Crippen LogP contribution in [0.2, 0.25) is 0 Å². The average molecular weight is 292 g/mol. The van der Waals surface area contributed by atoms with E-state index in [4.69, 9.17) is 0 Å². The molecule has 3 rings (SSSR count). The van der Waals surface area contributed by atoms with Crippen molar-refractivity contribution in [3.05, 3.63) is 58.7 Å². The lowest BCUT2D eigenvalue weighted by Crippen LogP contribution is -1.84. The van der Waals surface area contributed by atoms with Gasteiger partial charge in [0.15, 0.2) is 0 Å². The van der Waals surface area contributed by atoms with Crippen LogP contribution in [0.1, 0.15) is 10.6 Å². The Bertz CT molecular complexity index is 821. The minimum Gasteiger partial charge on any atom is -0.275 e. The second kappa shape index (κ2) is 5.73. The number of benzene rings is 1. The van der Waals surface area contributed by atoms with Crippen molar-refractivity contribution in [1.82, 2.24) is 14.8 Å². The highest BCUT2D eigenvalue weighted by atomic mass is 32.1. The standard InChI is InChI=1S/C16H12N4S/c1-20-10-12(9-18-20)7-14(8-17)16-19-15(11-21-16)13-5-3-2-4-6-13/h2-7,9-11H,1H3/b14-7+. The van der Waals surface area contributed by atoms with E-state index in [-0.39, 0.29) is 0 Å². The van der Waals surface area contributed by atoms with E-state index in [0.29, 0.717) is 5.57 Å². The molecule has 2 aromatic heterocycles. The van der Waals surface area contributed by atoms with Crippen molar-refractivity contribution >= 4 is 23.0 Å². The Morgan fingerprint density at radius 2 is 2.14 bits per heavy atom. The molecule has 0 aliphatic heterocycles. The van der Waals surface area contributed by atoms with Crippen LogP contribution in [0.25, 0.3) is 22.9 Å². The maximum Gasteiger partial charge on any atom is 0.134 e. The molecule has 4 nitrogen and oxygen atoms in total. The Hall–Kier alpha value is -2.71. The molecule has 0 N–H and O–H groups in total. The second-order valence-electron chi connectivity index (χ2n) is 4.52. The largest absolute Gasteiger partial charge is 0.275 e. The molecule has 0 saturated heterocycles. The third-order valence-corrected chi connectivity index (χ3v) is 3.84. The highest BCUT2D eigenvalue weighted by Gasteiger charge is 2.09. The lowest BCUT2D eigenvalue weighted by Gasteiger charge is -1.94. The Kier molecular flexibility index (Phi) is 3.63. The number of allylic oxidation sites excluding steroid dienone is 1. The number of rotatable bonds is 3. The van der Waals surface area contributed by atoms with Crippen LogP contribution < -0.4 is 0 Å². The zero-order valence-electron chi connectivity index (χ0n) is 11.4. The zero-order chi connectivity index (χ0) is 14.7. The van der Waals surface area contributed by atoms with Crippen molar-refractivity contribution in [3.8, 4) is 17.3 Å². The predicted molar refractivity (Wildman–Crippen MR) is 84.2 cm³/mol. The predicted octanol–water partition coefficient (Wildman–Crippen LogP) is 3.61. The summed E-state index contributed by atoms with van der Waals surface area (Å²) in [6.07, 6.45) is 5.40. The molecule has 102 valence electrons. The topological polar surface area (TPSA) is 54.5 Å². The summed E-state index contributed by atoms with van der Waals surface area (Å²) >= 11 is 1.47. The minimum absolute atomic E-state index is 0.551. The maximum absolute atomic E-state index is 9.35. The smallest absolute Gasteiger partial charge is 0.134 e. The van der Waals surface area contributed by atoms with E-state index in [2.05, 4.69) is 16.2 Å². The maximum atomic E-state index is 9.35. The van der Waals surface area contributed by atoms with Crippen molar-refractivity contribution in [2.75, 3.05) is 0 Å². The molecule has 3 aromatic rings. The summed E-state index contributed by atoms with van der Waals surface area (Å²) in [4.78, 5) is 4.56. The van der Waals surface area contributed by atoms with Crippen molar-refractivity contribution in [2.45, 2.75) is 0 Å². The van der Waals surface area contributed by atoms with E-state index in [0.717, 1.165) is 21.8 Å². The Morgan fingerprint density at radius 1 is 1.33 bits per heavy atom. The quantitative estimate of drug-likeness (QED) is 0.693. The number of aromatic nitrogens is 3. The summed E-state index contributed by atoms with van der Waals surface area (Å²) < 4.78 is 1.71. The fourth-order valence-electron chi connectivity index (χ4n) is 1.96. The highest BCUT2D eigenvalue weighted by Crippen LogP contribution is 2.26. The number of hydrogen-bond acceptors (Lipinski definition) is 4. The van der Waals surface area contributed by atoms with Gasteiger partial charge in [-0.15, -0.1) is 11.3 Å². The molecule has 2 heterocycles. The second-order valence-corrected chi connectivity index (χ2v) is 5.38. The Balaban J connectivity index is 1.95. The van der Waals surface area contributed by atoms with Gasteiger partial charge in [0.1, 0.15) is 11.1 Å². The summed E-state index contributed by atoms with van der Waals surface area (Å²) in [6.45, 7) is 0. The van der Waals surface area contributed by atoms with Gasteiger partial charge < -0.3 is 0 Å². The molecule has 0 aliphatic carbocycles. The first kappa shape index (κ1) is 13.3. The molecule has 1 aromatic carbocycles. The molecule has 0 aliphatic rings. The van der Waals surface area contributed by atoms with Crippen LogP contribution in [0.15, 0.2) is 48.1 Å². The van der Waals surface area contributed by atoms with Crippen LogP contribution in [0, 0.1) is 11.3 Å². The van der Waals surface area contributed by atoms with E-state index in [1.54, 1.807) is 17.0 Å². The molecule has 0 fully saturated rings. The van der Waals surface area contributed by atoms with Crippen LogP contribution in [0.5, 0.6) is 0 Å². The molecular weight excluding hydrogens is 280 g/mol. The van der Waals surface area contributed by atoms with Gasteiger partial charge in [-0.1, -0.05) is 30.3 Å². The minimum atomic E-state index is 0.551. The fraction of sp³-hybridized carbons (Fsp3) is 0.0625. The summed E-state index contributed by atoms with van der Waals surface area (Å²) in [7, 11) is 1.85. The lowest BCUT2D eigenvalue weighted by atomic mass is 10.2. The average Bonchev–Trinajstić information content (AvgIpc) is 3.15. The summed E-state index contributed by atoms with van der Waals surface area (Å²) in [5.74, 6) is 0.